The molecule has 0 radical (unpaired) electrons. The minimum Gasteiger partial charge on any atom is -0.508 e. The fourth-order valence-electron chi connectivity index (χ4n) is 2.86. The number of fused-ring (bicyclic) bond motifs is 2. The van der Waals surface area contributed by atoms with Gasteiger partial charge in [0.25, 0.3) is 0 Å². The van der Waals surface area contributed by atoms with E-state index in [0.717, 1.165) is 31.6 Å². The summed E-state index contributed by atoms with van der Waals surface area (Å²) >= 11 is 0. The van der Waals surface area contributed by atoms with E-state index in [0.29, 0.717) is 17.9 Å². The second-order valence-electron chi connectivity index (χ2n) is 4.78. The van der Waals surface area contributed by atoms with Crippen molar-refractivity contribution in [2.45, 2.75) is 25.0 Å². The third kappa shape index (κ3) is 1.51. The zero-order chi connectivity index (χ0) is 11.1. The molecule has 3 rings (SSSR count). The number of rotatable bonds is 0. The van der Waals surface area contributed by atoms with Gasteiger partial charge in [0, 0.05) is 19.0 Å². The van der Waals surface area contributed by atoms with Gasteiger partial charge < -0.3 is 9.84 Å². The van der Waals surface area contributed by atoms with E-state index >= 15 is 0 Å². The quantitative estimate of drug-likeness (QED) is 0.711. The fourth-order valence-corrected chi connectivity index (χ4v) is 2.86. The molecule has 1 aromatic rings. The van der Waals surface area contributed by atoms with Crippen molar-refractivity contribution in [3.05, 3.63) is 29.3 Å². The van der Waals surface area contributed by atoms with E-state index < -0.39 is 0 Å². The van der Waals surface area contributed by atoms with Crippen molar-refractivity contribution in [1.29, 1.82) is 0 Å². The highest BCUT2D eigenvalue weighted by Crippen LogP contribution is 2.33. The maximum atomic E-state index is 9.87. The molecule has 1 fully saturated rings. The first-order chi connectivity index (χ1) is 7.75. The predicted octanol–water partition coefficient (Wildman–Crippen LogP) is 1.19. The number of ether oxygens (including phenoxy) is 1. The monoisotopic (exact) mass is 219 g/mol. The summed E-state index contributed by atoms with van der Waals surface area (Å²) < 4.78 is 5.83. The molecule has 0 aromatic heterocycles. The molecule has 0 amide bonds. The van der Waals surface area contributed by atoms with Crippen LogP contribution in [0.25, 0.3) is 0 Å². The predicted molar refractivity (Wildman–Crippen MR) is 61.7 cm³/mol. The number of aromatic hydroxyl groups is 1. The van der Waals surface area contributed by atoms with E-state index in [1.807, 2.05) is 6.07 Å². The number of nitrogens with zero attached hydrogens (tertiary/aromatic N) is 1. The molecule has 16 heavy (non-hydrogen) atoms. The molecule has 1 aromatic carbocycles. The fraction of sp³-hybridized carbons (Fsp3) is 0.538. The number of benzene rings is 1. The second kappa shape index (κ2) is 3.75. The van der Waals surface area contributed by atoms with Gasteiger partial charge in [-0.05, 0) is 30.7 Å². The van der Waals surface area contributed by atoms with Gasteiger partial charge in [-0.15, -0.1) is 0 Å². The Kier molecular flexibility index (Phi) is 2.37. The van der Waals surface area contributed by atoms with Crippen LogP contribution in [0.15, 0.2) is 18.2 Å². The number of morpholine rings is 1. The number of phenolic OH excluding ortho intramolecular Hbond substituents is 1. The van der Waals surface area contributed by atoms with E-state index in [1.165, 1.54) is 5.56 Å². The Morgan fingerprint density at radius 1 is 1.38 bits per heavy atom. The molecule has 3 nitrogen and oxygen atoms in total. The van der Waals surface area contributed by atoms with Crippen molar-refractivity contribution < 1.29 is 9.84 Å². The van der Waals surface area contributed by atoms with Crippen LogP contribution in [0, 0.1) is 0 Å². The molecule has 0 saturated carbocycles. The summed E-state index contributed by atoms with van der Waals surface area (Å²) in [7, 11) is 2.14. The third-order valence-electron chi connectivity index (χ3n) is 3.85. The van der Waals surface area contributed by atoms with Crippen LogP contribution >= 0.6 is 0 Å². The molecule has 2 atom stereocenters. The Morgan fingerprint density at radius 3 is 3.12 bits per heavy atom. The van der Waals surface area contributed by atoms with E-state index in [9.17, 15) is 5.11 Å². The molecule has 1 aliphatic heterocycles. The van der Waals surface area contributed by atoms with Crippen LogP contribution in [0.2, 0.25) is 0 Å². The highest BCUT2D eigenvalue weighted by molar-refractivity contribution is 5.42. The summed E-state index contributed by atoms with van der Waals surface area (Å²) in [5, 5.41) is 9.87. The number of hydrogen-bond donors (Lipinski definition) is 1. The van der Waals surface area contributed by atoms with E-state index in [-0.39, 0.29) is 0 Å². The molecule has 1 saturated heterocycles. The average Bonchev–Trinajstić information content (AvgIpc) is 2.28. The largest absolute Gasteiger partial charge is 0.508 e. The van der Waals surface area contributed by atoms with Crippen LogP contribution in [0.5, 0.6) is 5.75 Å². The summed E-state index contributed by atoms with van der Waals surface area (Å²) in [5.74, 6) is 0.440. The molecular formula is C13H17NO2. The molecule has 0 bridgehead atoms. The van der Waals surface area contributed by atoms with Crippen molar-refractivity contribution in [1.82, 2.24) is 4.90 Å². The van der Waals surface area contributed by atoms with Crippen LogP contribution in [-0.2, 0) is 17.6 Å². The minimum atomic E-state index is 0.299. The summed E-state index contributed by atoms with van der Waals surface area (Å²) in [6.07, 6.45) is 2.13. The molecule has 1 N–H and O–H groups in total. The second-order valence-corrected chi connectivity index (χ2v) is 4.78. The lowest BCUT2D eigenvalue weighted by atomic mass is 9.84. The summed E-state index contributed by atoms with van der Waals surface area (Å²) in [4.78, 5) is 2.35. The highest BCUT2D eigenvalue weighted by Gasteiger charge is 2.35. The van der Waals surface area contributed by atoms with E-state index in [2.05, 4.69) is 18.0 Å². The topological polar surface area (TPSA) is 32.7 Å². The SMILES string of the molecule is CN1CCO[C@@H]2Cc3cccc(O)c3C[C@H]21. The first kappa shape index (κ1) is 10.1. The van der Waals surface area contributed by atoms with E-state index in [1.54, 1.807) is 6.07 Å². The zero-order valence-electron chi connectivity index (χ0n) is 9.52. The Morgan fingerprint density at radius 2 is 2.25 bits per heavy atom. The summed E-state index contributed by atoms with van der Waals surface area (Å²) in [5.41, 5.74) is 2.36. The van der Waals surface area contributed by atoms with Crippen LogP contribution in [0.1, 0.15) is 11.1 Å². The molecule has 0 spiro atoms. The van der Waals surface area contributed by atoms with Gasteiger partial charge in [-0.3, -0.25) is 4.90 Å². The van der Waals surface area contributed by atoms with E-state index in [4.69, 9.17) is 4.74 Å². The van der Waals surface area contributed by atoms with Crippen molar-refractivity contribution in [3.63, 3.8) is 0 Å². The van der Waals surface area contributed by atoms with Crippen LogP contribution in [0.4, 0.5) is 0 Å². The molecule has 2 aliphatic rings. The first-order valence-corrected chi connectivity index (χ1v) is 5.87. The maximum Gasteiger partial charge on any atom is 0.119 e. The van der Waals surface area contributed by atoms with Gasteiger partial charge in [-0.2, -0.15) is 0 Å². The molecule has 3 heteroatoms. The number of likely N-dealkylation sites (N-methyl/N-ethyl adjacent to an activating group) is 1. The van der Waals surface area contributed by atoms with Gasteiger partial charge in [0.1, 0.15) is 5.75 Å². The molecular weight excluding hydrogens is 202 g/mol. The van der Waals surface area contributed by atoms with Gasteiger partial charge in [-0.25, -0.2) is 0 Å². The van der Waals surface area contributed by atoms with Gasteiger partial charge in [0.05, 0.1) is 12.7 Å². The Bertz CT molecular complexity index is 405. The smallest absolute Gasteiger partial charge is 0.119 e. The summed E-state index contributed by atoms with van der Waals surface area (Å²) in [6, 6.07) is 6.22. The number of hydrogen-bond acceptors (Lipinski definition) is 3. The normalized spacial score (nSPS) is 29.6. The first-order valence-electron chi connectivity index (χ1n) is 5.87. The van der Waals surface area contributed by atoms with Crippen LogP contribution < -0.4 is 0 Å². The van der Waals surface area contributed by atoms with Gasteiger partial charge in [0.15, 0.2) is 0 Å². The van der Waals surface area contributed by atoms with Crippen molar-refractivity contribution in [2.24, 2.45) is 0 Å². The van der Waals surface area contributed by atoms with Crippen LogP contribution in [0.3, 0.4) is 0 Å². The highest BCUT2D eigenvalue weighted by atomic mass is 16.5. The molecule has 1 aliphatic carbocycles. The third-order valence-corrected chi connectivity index (χ3v) is 3.85. The standard InChI is InChI=1S/C13H17NO2/c1-14-5-6-16-13-7-9-3-2-4-12(15)10(9)8-11(13)14/h2-4,11,13,15H,5-8H2,1H3/t11-,13-/m1/s1. The van der Waals surface area contributed by atoms with Gasteiger partial charge in [0.2, 0.25) is 0 Å². The van der Waals surface area contributed by atoms with Crippen molar-refractivity contribution in [3.8, 4) is 5.75 Å². The molecule has 1 heterocycles. The Hall–Kier alpha value is -1.06. The van der Waals surface area contributed by atoms with Crippen LogP contribution in [-0.4, -0.2) is 42.4 Å². The van der Waals surface area contributed by atoms with Crippen molar-refractivity contribution in [2.75, 3.05) is 20.2 Å². The Balaban J connectivity index is 1.96. The minimum absolute atomic E-state index is 0.299. The molecule has 86 valence electrons. The average molecular weight is 219 g/mol. The lowest BCUT2D eigenvalue weighted by molar-refractivity contribution is -0.0645. The lowest BCUT2D eigenvalue weighted by Gasteiger charge is -2.42. The van der Waals surface area contributed by atoms with Gasteiger partial charge in [-0.1, -0.05) is 12.1 Å². The lowest BCUT2D eigenvalue weighted by Crippen LogP contribution is -2.53. The molecule has 0 unspecified atom stereocenters. The number of phenols is 1. The van der Waals surface area contributed by atoms with Crippen molar-refractivity contribution >= 4 is 0 Å². The Labute approximate surface area is 95.6 Å². The maximum absolute atomic E-state index is 9.87. The van der Waals surface area contributed by atoms with Gasteiger partial charge >= 0.3 is 0 Å². The zero-order valence-corrected chi connectivity index (χ0v) is 9.52. The summed E-state index contributed by atoms with van der Waals surface area (Å²) in [6.45, 7) is 1.82.